The molecule has 112 valence electrons. The summed E-state index contributed by atoms with van der Waals surface area (Å²) in [6, 6.07) is 2.02. The zero-order chi connectivity index (χ0) is 15.2. The molecule has 0 atom stereocenters. The number of nitrogens with zero attached hydrogens (tertiary/aromatic N) is 4. The lowest BCUT2D eigenvalue weighted by Gasteiger charge is -2.40. The second-order valence-corrected chi connectivity index (χ2v) is 6.70. The number of aromatic nitrogens is 3. The van der Waals surface area contributed by atoms with Crippen molar-refractivity contribution in [3.63, 3.8) is 0 Å². The molecule has 3 heterocycles. The molecule has 0 aromatic carbocycles. The number of carbonyl (C=O) groups excluding carboxylic acids is 1. The SMILES string of the molecule is Cn1ccc2c(N3CC(C(=O)NC(C)(C)C)C3)ncnc21. The van der Waals surface area contributed by atoms with Crippen LogP contribution < -0.4 is 10.2 Å². The van der Waals surface area contributed by atoms with Crippen molar-refractivity contribution in [2.24, 2.45) is 13.0 Å². The van der Waals surface area contributed by atoms with Crippen LogP contribution in [0.2, 0.25) is 0 Å². The molecule has 1 amide bonds. The number of hydrogen-bond donors (Lipinski definition) is 1. The molecule has 6 nitrogen and oxygen atoms in total. The first-order valence-corrected chi connectivity index (χ1v) is 7.18. The summed E-state index contributed by atoms with van der Waals surface area (Å²) in [6.07, 6.45) is 3.56. The molecule has 0 unspecified atom stereocenters. The fraction of sp³-hybridized carbons (Fsp3) is 0.533. The van der Waals surface area contributed by atoms with Crippen molar-refractivity contribution in [1.82, 2.24) is 19.9 Å². The van der Waals surface area contributed by atoms with Crippen molar-refractivity contribution in [2.75, 3.05) is 18.0 Å². The molecule has 1 aliphatic heterocycles. The lowest BCUT2D eigenvalue weighted by Crippen LogP contribution is -2.56. The van der Waals surface area contributed by atoms with Crippen molar-refractivity contribution < 1.29 is 4.79 Å². The highest BCUT2D eigenvalue weighted by atomic mass is 16.2. The molecule has 0 aliphatic carbocycles. The van der Waals surface area contributed by atoms with Crippen LogP contribution in [0, 0.1) is 5.92 Å². The third-order valence-electron chi connectivity index (χ3n) is 3.69. The van der Waals surface area contributed by atoms with E-state index in [4.69, 9.17) is 0 Å². The van der Waals surface area contributed by atoms with E-state index < -0.39 is 0 Å². The van der Waals surface area contributed by atoms with Crippen LogP contribution in [-0.2, 0) is 11.8 Å². The molecule has 21 heavy (non-hydrogen) atoms. The number of carbonyl (C=O) groups is 1. The minimum absolute atomic E-state index is 0.0398. The maximum absolute atomic E-state index is 12.1. The van der Waals surface area contributed by atoms with Gasteiger partial charge in [0, 0.05) is 31.9 Å². The van der Waals surface area contributed by atoms with E-state index in [9.17, 15) is 4.79 Å². The summed E-state index contributed by atoms with van der Waals surface area (Å²) in [5.41, 5.74) is 0.738. The summed E-state index contributed by atoms with van der Waals surface area (Å²) in [7, 11) is 1.97. The normalized spacial score (nSPS) is 16.1. The van der Waals surface area contributed by atoms with Gasteiger partial charge in [0.15, 0.2) is 0 Å². The number of aryl methyl sites for hydroxylation is 1. The van der Waals surface area contributed by atoms with Crippen LogP contribution in [0.4, 0.5) is 5.82 Å². The van der Waals surface area contributed by atoms with Crippen LogP contribution in [0.25, 0.3) is 11.0 Å². The first kappa shape index (κ1) is 13.9. The van der Waals surface area contributed by atoms with Gasteiger partial charge in [0.05, 0.1) is 11.3 Å². The molecule has 3 rings (SSSR count). The number of fused-ring (bicyclic) bond motifs is 1. The first-order valence-electron chi connectivity index (χ1n) is 7.18. The zero-order valence-corrected chi connectivity index (χ0v) is 12.9. The highest BCUT2D eigenvalue weighted by Crippen LogP contribution is 2.29. The van der Waals surface area contributed by atoms with Gasteiger partial charge in [-0.3, -0.25) is 4.79 Å². The second-order valence-electron chi connectivity index (χ2n) is 6.70. The molecule has 0 saturated carbocycles. The maximum atomic E-state index is 12.1. The quantitative estimate of drug-likeness (QED) is 0.905. The third kappa shape index (κ3) is 2.57. The van der Waals surface area contributed by atoms with E-state index in [0.717, 1.165) is 16.9 Å². The predicted molar refractivity (Wildman–Crippen MR) is 82.1 cm³/mol. The molecule has 1 N–H and O–H groups in total. The van der Waals surface area contributed by atoms with E-state index in [0.29, 0.717) is 13.1 Å². The fourth-order valence-electron chi connectivity index (χ4n) is 2.61. The minimum Gasteiger partial charge on any atom is -0.354 e. The third-order valence-corrected chi connectivity index (χ3v) is 3.69. The Kier molecular flexibility index (Phi) is 3.11. The summed E-state index contributed by atoms with van der Waals surface area (Å²) < 4.78 is 1.98. The smallest absolute Gasteiger partial charge is 0.227 e. The molecule has 6 heteroatoms. The molecular weight excluding hydrogens is 266 g/mol. The maximum Gasteiger partial charge on any atom is 0.227 e. The van der Waals surface area contributed by atoms with Crippen molar-refractivity contribution in [1.29, 1.82) is 0 Å². The lowest BCUT2D eigenvalue weighted by atomic mass is 9.97. The van der Waals surface area contributed by atoms with Crippen molar-refractivity contribution in [3.8, 4) is 0 Å². The molecule has 0 bridgehead atoms. The summed E-state index contributed by atoms with van der Waals surface area (Å²) in [5.74, 6) is 1.08. The number of amides is 1. The Bertz CT molecular complexity index is 679. The molecule has 1 aliphatic rings. The van der Waals surface area contributed by atoms with Gasteiger partial charge in [-0.15, -0.1) is 0 Å². The standard InChI is InChI=1S/C15H21N5O/c1-15(2,3)18-14(21)10-7-20(8-10)13-11-5-6-19(4)12(11)16-9-17-13/h5-6,9-10H,7-8H2,1-4H3,(H,18,21). The summed E-state index contributed by atoms with van der Waals surface area (Å²) in [6.45, 7) is 7.42. The van der Waals surface area contributed by atoms with E-state index >= 15 is 0 Å². The summed E-state index contributed by atoms with van der Waals surface area (Å²) in [5, 5.41) is 4.07. The largest absolute Gasteiger partial charge is 0.354 e. The van der Waals surface area contributed by atoms with Crippen LogP contribution in [0.15, 0.2) is 18.6 Å². The molecule has 0 spiro atoms. The van der Waals surface area contributed by atoms with Gasteiger partial charge in [0.2, 0.25) is 5.91 Å². The van der Waals surface area contributed by atoms with Crippen LogP contribution >= 0.6 is 0 Å². The van der Waals surface area contributed by atoms with E-state index in [1.54, 1.807) is 6.33 Å². The average molecular weight is 287 g/mol. The fourth-order valence-corrected chi connectivity index (χ4v) is 2.61. The van der Waals surface area contributed by atoms with Crippen molar-refractivity contribution in [3.05, 3.63) is 18.6 Å². The Labute approximate surface area is 124 Å². The van der Waals surface area contributed by atoms with Crippen LogP contribution in [0.5, 0.6) is 0 Å². The van der Waals surface area contributed by atoms with Crippen LogP contribution in [0.1, 0.15) is 20.8 Å². The average Bonchev–Trinajstić information content (AvgIpc) is 2.68. The van der Waals surface area contributed by atoms with Gasteiger partial charge in [-0.1, -0.05) is 0 Å². The molecule has 2 aromatic heterocycles. The van der Waals surface area contributed by atoms with Crippen LogP contribution in [-0.4, -0.2) is 39.1 Å². The van der Waals surface area contributed by atoms with Crippen molar-refractivity contribution in [2.45, 2.75) is 26.3 Å². The molecule has 1 fully saturated rings. The zero-order valence-electron chi connectivity index (χ0n) is 12.9. The van der Waals surface area contributed by atoms with E-state index in [1.165, 1.54) is 0 Å². The van der Waals surface area contributed by atoms with E-state index in [2.05, 4.69) is 20.2 Å². The molecule has 0 radical (unpaired) electrons. The van der Waals surface area contributed by atoms with E-state index in [1.807, 2.05) is 44.6 Å². The Morgan fingerprint density at radius 1 is 1.33 bits per heavy atom. The van der Waals surface area contributed by atoms with Gasteiger partial charge in [0.25, 0.3) is 0 Å². The summed E-state index contributed by atoms with van der Waals surface area (Å²) in [4.78, 5) is 22.9. The van der Waals surface area contributed by atoms with Gasteiger partial charge in [-0.25, -0.2) is 9.97 Å². The number of anilines is 1. The van der Waals surface area contributed by atoms with Gasteiger partial charge in [0.1, 0.15) is 17.8 Å². The Hall–Kier alpha value is -2.11. The van der Waals surface area contributed by atoms with Crippen molar-refractivity contribution >= 4 is 22.8 Å². The lowest BCUT2D eigenvalue weighted by molar-refractivity contribution is -0.127. The number of nitrogens with one attached hydrogen (secondary N) is 1. The first-order chi connectivity index (χ1) is 9.85. The topological polar surface area (TPSA) is 63.1 Å². The summed E-state index contributed by atoms with van der Waals surface area (Å²) >= 11 is 0. The van der Waals surface area contributed by atoms with Gasteiger partial charge < -0.3 is 14.8 Å². The number of hydrogen-bond acceptors (Lipinski definition) is 4. The van der Waals surface area contributed by atoms with Crippen LogP contribution in [0.3, 0.4) is 0 Å². The van der Waals surface area contributed by atoms with Gasteiger partial charge in [-0.05, 0) is 26.8 Å². The Morgan fingerprint density at radius 3 is 2.71 bits per heavy atom. The van der Waals surface area contributed by atoms with Gasteiger partial charge in [-0.2, -0.15) is 0 Å². The Balaban J connectivity index is 1.72. The van der Waals surface area contributed by atoms with Gasteiger partial charge >= 0.3 is 0 Å². The van der Waals surface area contributed by atoms with E-state index in [-0.39, 0.29) is 17.4 Å². The minimum atomic E-state index is -0.181. The molecular formula is C15H21N5O. The predicted octanol–water partition coefficient (Wildman–Crippen LogP) is 1.32. The Morgan fingerprint density at radius 2 is 2.05 bits per heavy atom. The highest BCUT2D eigenvalue weighted by molar-refractivity contribution is 5.90. The monoisotopic (exact) mass is 287 g/mol. The molecule has 2 aromatic rings. The molecule has 1 saturated heterocycles. The highest BCUT2D eigenvalue weighted by Gasteiger charge is 2.35. The second kappa shape index (κ2) is 4.72. The number of rotatable bonds is 2.